The van der Waals surface area contributed by atoms with Gasteiger partial charge in [-0.15, -0.1) is 12.4 Å². The lowest BCUT2D eigenvalue weighted by Gasteiger charge is -2.38. The van der Waals surface area contributed by atoms with E-state index in [1.54, 1.807) is 7.11 Å². The zero-order valence-corrected chi connectivity index (χ0v) is 15.0. The van der Waals surface area contributed by atoms with Crippen LogP contribution in [0, 0.1) is 11.3 Å². The molecular weight excluding hydrogens is 300 g/mol. The number of carbonyl (C=O) groups excluding carboxylic acids is 1. The highest BCUT2D eigenvalue weighted by molar-refractivity contribution is 5.85. The first kappa shape index (κ1) is 19.7. The first-order valence-electron chi connectivity index (χ1n) is 8.71. The number of rotatable bonds is 6. The van der Waals surface area contributed by atoms with Gasteiger partial charge in [0.25, 0.3) is 0 Å². The summed E-state index contributed by atoms with van der Waals surface area (Å²) in [5.74, 6) is 1.11. The number of ether oxygens (including phenoxy) is 1. The Balaban J connectivity index is 0.00000242. The van der Waals surface area contributed by atoms with E-state index in [-0.39, 0.29) is 23.7 Å². The summed E-state index contributed by atoms with van der Waals surface area (Å²) < 4.78 is 5.36. The monoisotopic (exact) mass is 332 g/mol. The molecule has 0 aromatic rings. The van der Waals surface area contributed by atoms with Gasteiger partial charge in [-0.3, -0.25) is 4.79 Å². The van der Waals surface area contributed by atoms with Crippen LogP contribution in [-0.4, -0.2) is 38.8 Å². The number of halogens is 1. The summed E-state index contributed by atoms with van der Waals surface area (Å²) in [5.41, 5.74) is -0.305. The average Bonchev–Trinajstić information content (AvgIpc) is 2.51. The number of carbonyl (C=O) groups is 1. The second kappa shape index (κ2) is 9.74. The summed E-state index contributed by atoms with van der Waals surface area (Å²) in [6, 6.07) is 0.384. The van der Waals surface area contributed by atoms with Gasteiger partial charge in [-0.2, -0.15) is 0 Å². The second-order valence-electron chi connectivity index (χ2n) is 6.94. The maximum Gasteiger partial charge on any atom is 0.228 e. The van der Waals surface area contributed by atoms with Crippen molar-refractivity contribution in [3.63, 3.8) is 0 Å². The van der Waals surface area contributed by atoms with Crippen molar-refractivity contribution >= 4 is 18.3 Å². The lowest BCUT2D eigenvalue weighted by Crippen LogP contribution is -2.52. The third kappa shape index (κ3) is 5.10. The van der Waals surface area contributed by atoms with E-state index in [1.165, 1.54) is 25.7 Å². The molecule has 5 heteroatoms. The Labute approximate surface area is 141 Å². The van der Waals surface area contributed by atoms with Crippen molar-refractivity contribution in [2.45, 2.75) is 64.3 Å². The quantitative estimate of drug-likeness (QED) is 0.786. The molecule has 2 fully saturated rings. The highest BCUT2D eigenvalue weighted by atomic mass is 35.5. The molecular formula is C17H33ClN2O2. The van der Waals surface area contributed by atoms with Crippen LogP contribution < -0.4 is 10.6 Å². The fraction of sp³-hybridized carbons (Fsp3) is 0.941. The van der Waals surface area contributed by atoms with Gasteiger partial charge in [-0.25, -0.2) is 0 Å². The molecule has 0 unspecified atom stereocenters. The summed E-state index contributed by atoms with van der Waals surface area (Å²) >= 11 is 0. The van der Waals surface area contributed by atoms with Crippen LogP contribution in [0.3, 0.4) is 0 Å². The van der Waals surface area contributed by atoms with Crippen LogP contribution >= 0.6 is 12.4 Å². The summed E-state index contributed by atoms with van der Waals surface area (Å²) in [6.07, 6.45) is 9.26. The van der Waals surface area contributed by atoms with Crippen LogP contribution in [0.4, 0.5) is 0 Å². The molecule has 22 heavy (non-hydrogen) atoms. The molecule has 1 amide bonds. The van der Waals surface area contributed by atoms with Crippen molar-refractivity contribution in [3.05, 3.63) is 0 Å². The third-order valence-electron chi connectivity index (χ3n) is 5.34. The minimum Gasteiger partial charge on any atom is -0.384 e. The van der Waals surface area contributed by atoms with Crippen LogP contribution in [0.25, 0.3) is 0 Å². The number of hydrogen-bond donors (Lipinski definition) is 2. The summed E-state index contributed by atoms with van der Waals surface area (Å²) in [5, 5.41) is 6.67. The van der Waals surface area contributed by atoms with Crippen molar-refractivity contribution in [3.8, 4) is 0 Å². The van der Waals surface area contributed by atoms with Crippen LogP contribution in [0.1, 0.15) is 58.3 Å². The van der Waals surface area contributed by atoms with Gasteiger partial charge in [0, 0.05) is 13.2 Å². The minimum atomic E-state index is -0.305. The van der Waals surface area contributed by atoms with E-state index >= 15 is 0 Å². The van der Waals surface area contributed by atoms with E-state index in [1.807, 2.05) is 0 Å². The predicted molar refractivity (Wildman–Crippen MR) is 92.5 cm³/mol. The van der Waals surface area contributed by atoms with Gasteiger partial charge >= 0.3 is 0 Å². The highest BCUT2D eigenvalue weighted by Gasteiger charge is 2.40. The lowest BCUT2D eigenvalue weighted by atomic mass is 9.77. The zero-order chi connectivity index (χ0) is 15.1. The molecule has 1 saturated carbocycles. The second-order valence-corrected chi connectivity index (χ2v) is 6.94. The van der Waals surface area contributed by atoms with Gasteiger partial charge in [-0.05, 0) is 57.5 Å². The van der Waals surface area contributed by atoms with Gasteiger partial charge < -0.3 is 15.4 Å². The summed E-state index contributed by atoms with van der Waals surface area (Å²) in [4.78, 5) is 12.8. The standard InChI is InChI=1S/C17H32N2O2.ClH/c1-3-4-14-5-7-15(8-6-14)19-16(20)17(13-21-2)9-11-18-12-10-17;/h14-15,18H,3-13H2,1-2H3,(H,19,20);1H. The van der Waals surface area contributed by atoms with Crippen LogP contribution in [0.5, 0.6) is 0 Å². The molecule has 130 valence electrons. The van der Waals surface area contributed by atoms with Crippen LogP contribution in [0.15, 0.2) is 0 Å². The normalized spacial score (nSPS) is 27.7. The molecule has 2 N–H and O–H groups in total. The van der Waals surface area contributed by atoms with E-state index in [0.29, 0.717) is 12.6 Å². The van der Waals surface area contributed by atoms with E-state index in [2.05, 4.69) is 17.6 Å². The topological polar surface area (TPSA) is 50.4 Å². The minimum absolute atomic E-state index is 0. The molecule has 0 radical (unpaired) electrons. The number of piperidine rings is 1. The SMILES string of the molecule is CCCC1CCC(NC(=O)C2(COC)CCNCC2)CC1.Cl. The smallest absolute Gasteiger partial charge is 0.228 e. The molecule has 2 aliphatic rings. The molecule has 0 bridgehead atoms. The number of amides is 1. The maximum absolute atomic E-state index is 12.8. The van der Waals surface area contributed by atoms with Crippen LogP contribution in [0.2, 0.25) is 0 Å². The van der Waals surface area contributed by atoms with Gasteiger partial charge in [0.05, 0.1) is 12.0 Å². The van der Waals surface area contributed by atoms with E-state index in [0.717, 1.165) is 44.7 Å². The fourth-order valence-electron chi connectivity index (χ4n) is 3.96. The van der Waals surface area contributed by atoms with E-state index < -0.39 is 0 Å². The Morgan fingerprint density at radius 1 is 1.23 bits per heavy atom. The van der Waals surface area contributed by atoms with Crippen molar-refractivity contribution in [2.75, 3.05) is 26.8 Å². The lowest BCUT2D eigenvalue weighted by molar-refractivity contribution is -0.137. The molecule has 2 rings (SSSR count). The molecule has 1 aliphatic heterocycles. The van der Waals surface area contributed by atoms with E-state index in [9.17, 15) is 4.79 Å². The highest BCUT2D eigenvalue weighted by Crippen LogP contribution is 2.32. The number of nitrogens with one attached hydrogen (secondary N) is 2. The fourth-order valence-corrected chi connectivity index (χ4v) is 3.96. The van der Waals surface area contributed by atoms with Gasteiger partial charge in [0.2, 0.25) is 5.91 Å². The van der Waals surface area contributed by atoms with Gasteiger partial charge in [0.15, 0.2) is 0 Å². The molecule has 1 heterocycles. The molecule has 1 aliphatic carbocycles. The molecule has 0 aromatic heterocycles. The molecule has 1 saturated heterocycles. The zero-order valence-electron chi connectivity index (χ0n) is 14.2. The average molecular weight is 333 g/mol. The van der Waals surface area contributed by atoms with Gasteiger partial charge in [-0.1, -0.05) is 19.8 Å². The van der Waals surface area contributed by atoms with Crippen molar-refractivity contribution in [1.29, 1.82) is 0 Å². The largest absolute Gasteiger partial charge is 0.384 e. The van der Waals surface area contributed by atoms with Crippen LogP contribution in [-0.2, 0) is 9.53 Å². The summed E-state index contributed by atoms with van der Waals surface area (Å²) in [6.45, 7) is 4.64. The Kier molecular flexibility index (Phi) is 8.73. The number of hydrogen-bond acceptors (Lipinski definition) is 3. The Morgan fingerprint density at radius 2 is 1.86 bits per heavy atom. The Hall–Kier alpha value is -0.320. The molecule has 0 aromatic carbocycles. The molecule has 0 spiro atoms. The first-order valence-corrected chi connectivity index (χ1v) is 8.71. The first-order chi connectivity index (χ1) is 10.2. The maximum atomic E-state index is 12.8. The predicted octanol–water partition coefficient (Wildman–Crippen LogP) is 2.90. The Morgan fingerprint density at radius 3 is 2.41 bits per heavy atom. The molecule has 0 atom stereocenters. The van der Waals surface area contributed by atoms with Crippen molar-refractivity contribution < 1.29 is 9.53 Å². The van der Waals surface area contributed by atoms with Crippen molar-refractivity contribution in [1.82, 2.24) is 10.6 Å². The third-order valence-corrected chi connectivity index (χ3v) is 5.34. The van der Waals surface area contributed by atoms with Crippen molar-refractivity contribution in [2.24, 2.45) is 11.3 Å². The number of methoxy groups -OCH3 is 1. The molecule has 4 nitrogen and oxygen atoms in total. The Bertz CT molecular complexity index is 319. The summed E-state index contributed by atoms with van der Waals surface area (Å²) in [7, 11) is 1.70. The van der Waals surface area contributed by atoms with E-state index in [4.69, 9.17) is 4.74 Å². The van der Waals surface area contributed by atoms with Gasteiger partial charge in [0.1, 0.15) is 0 Å².